The van der Waals surface area contributed by atoms with E-state index in [1.807, 2.05) is 64.4 Å². The number of carbonyl (C=O) groups is 3. The van der Waals surface area contributed by atoms with E-state index in [1.165, 1.54) is 0 Å². The van der Waals surface area contributed by atoms with Crippen LogP contribution in [0.25, 0.3) is 23.3 Å². The number of anilines is 1. The molecule has 2 aromatic rings. The minimum atomic E-state index is 0.0172. The first kappa shape index (κ1) is 32.5. The summed E-state index contributed by atoms with van der Waals surface area (Å²) < 4.78 is 5.85. The number of rotatable bonds is 12. The predicted molar refractivity (Wildman–Crippen MR) is 178 cm³/mol. The number of amidine groups is 1. The molecular weight excluding hydrogens is 554 g/mol. The Morgan fingerprint density at radius 1 is 1.05 bits per heavy atom. The number of carbonyl (C=O) groups excluding carboxylic acids is 3. The normalized spacial score (nSPS) is 15.4. The van der Waals surface area contributed by atoms with Crippen molar-refractivity contribution in [2.24, 2.45) is 4.99 Å². The third-order valence-corrected chi connectivity index (χ3v) is 8.04. The molecule has 2 amide bonds. The quantitative estimate of drug-likeness (QED) is 0.321. The minimum absolute atomic E-state index is 0.0172. The molecule has 9 heteroatoms. The summed E-state index contributed by atoms with van der Waals surface area (Å²) in [5, 5.41) is 3.43. The van der Waals surface area contributed by atoms with Gasteiger partial charge >= 0.3 is 0 Å². The van der Waals surface area contributed by atoms with E-state index in [0.717, 1.165) is 73.0 Å². The molecule has 0 saturated carbocycles. The SMILES string of the molecule is CCCN(CCC)C(=O)C1=Cc2c(cc(-c3ccc(C=O)c(/C=C\N(C)CC(=O)N4CCCC4)c3)cc2OC)NC(=NC)C1. The van der Waals surface area contributed by atoms with Crippen molar-refractivity contribution < 1.29 is 19.1 Å². The summed E-state index contributed by atoms with van der Waals surface area (Å²) in [7, 11) is 5.21. The number of amides is 2. The number of hydrogen-bond donors (Lipinski definition) is 1. The molecule has 2 aromatic carbocycles. The number of nitrogens with zero attached hydrogens (tertiary/aromatic N) is 4. The summed E-state index contributed by atoms with van der Waals surface area (Å²) in [6, 6.07) is 9.64. The van der Waals surface area contributed by atoms with E-state index in [1.54, 1.807) is 20.2 Å². The average Bonchev–Trinajstić information content (AvgIpc) is 3.51. The molecule has 2 aliphatic heterocycles. The molecule has 4 rings (SSSR count). The first-order chi connectivity index (χ1) is 21.3. The fourth-order valence-corrected chi connectivity index (χ4v) is 5.70. The second-order valence-electron chi connectivity index (χ2n) is 11.4. The van der Waals surface area contributed by atoms with Crippen molar-refractivity contribution in [2.75, 3.05) is 59.2 Å². The monoisotopic (exact) mass is 599 g/mol. The molecule has 1 fully saturated rings. The van der Waals surface area contributed by atoms with Gasteiger partial charge in [0.05, 0.1) is 19.3 Å². The second kappa shape index (κ2) is 15.4. The standard InChI is InChI=1S/C35H45N5O4/c1-6-13-40(14-7-2)35(43)29-19-30-31(37-33(22-29)36-3)20-28(21-32(30)44-5)25-10-11-27(24-41)26(18-25)12-17-38(4)23-34(42)39-15-8-9-16-39/h10-12,17-21,24H,6-9,13-16,22-23H2,1-5H3,(H,36,37)/b17-12-. The van der Waals surface area contributed by atoms with Gasteiger partial charge in [0.2, 0.25) is 11.8 Å². The van der Waals surface area contributed by atoms with Crippen LogP contribution < -0.4 is 10.1 Å². The number of likely N-dealkylation sites (N-methyl/N-ethyl adjacent to an activating group) is 1. The summed E-state index contributed by atoms with van der Waals surface area (Å²) in [4.78, 5) is 48.2. The van der Waals surface area contributed by atoms with Crippen molar-refractivity contribution in [1.29, 1.82) is 0 Å². The molecule has 0 unspecified atom stereocenters. The fraction of sp³-hybridized carbons (Fsp3) is 0.429. The van der Waals surface area contributed by atoms with Crippen LogP contribution in [0.2, 0.25) is 0 Å². The third-order valence-electron chi connectivity index (χ3n) is 8.04. The van der Waals surface area contributed by atoms with Crippen LogP contribution in [0.3, 0.4) is 0 Å². The predicted octanol–water partition coefficient (Wildman–Crippen LogP) is 5.58. The maximum absolute atomic E-state index is 13.6. The van der Waals surface area contributed by atoms with Gasteiger partial charge in [0.15, 0.2) is 6.29 Å². The van der Waals surface area contributed by atoms with Crippen LogP contribution in [0.5, 0.6) is 5.75 Å². The molecule has 9 nitrogen and oxygen atoms in total. The van der Waals surface area contributed by atoms with Crippen LogP contribution >= 0.6 is 0 Å². The van der Waals surface area contributed by atoms with E-state index in [4.69, 9.17) is 4.74 Å². The van der Waals surface area contributed by atoms with Crippen LogP contribution in [0.4, 0.5) is 5.69 Å². The van der Waals surface area contributed by atoms with E-state index < -0.39 is 0 Å². The Kier molecular flexibility index (Phi) is 11.4. The molecule has 0 radical (unpaired) electrons. The van der Waals surface area contributed by atoms with Gasteiger partial charge in [0.1, 0.15) is 11.6 Å². The first-order valence-electron chi connectivity index (χ1n) is 15.5. The number of methoxy groups -OCH3 is 1. The summed E-state index contributed by atoms with van der Waals surface area (Å²) >= 11 is 0. The lowest BCUT2D eigenvalue weighted by Crippen LogP contribution is -2.35. The van der Waals surface area contributed by atoms with E-state index in [9.17, 15) is 14.4 Å². The molecule has 0 aromatic heterocycles. The van der Waals surface area contributed by atoms with Crippen molar-refractivity contribution in [2.45, 2.75) is 46.0 Å². The molecule has 234 valence electrons. The van der Waals surface area contributed by atoms with Gasteiger partial charge in [-0.1, -0.05) is 26.0 Å². The summed E-state index contributed by atoms with van der Waals surface area (Å²) in [6.07, 6.45) is 10.8. The highest BCUT2D eigenvalue weighted by Crippen LogP contribution is 2.38. The van der Waals surface area contributed by atoms with Crippen LogP contribution in [0.15, 0.2) is 47.1 Å². The molecular formula is C35H45N5O4. The van der Waals surface area contributed by atoms with Crippen molar-refractivity contribution in [3.8, 4) is 16.9 Å². The zero-order chi connectivity index (χ0) is 31.6. The van der Waals surface area contributed by atoms with Crippen molar-refractivity contribution >= 4 is 41.8 Å². The lowest BCUT2D eigenvalue weighted by atomic mass is 9.96. The summed E-state index contributed by atoms with van der Waals surface area (Å²) in [5.74, 6) is 1.45. The topological polar surface area (TPSA) is 94.6 Å². The van der Waals surface area contributed by atoms with Gasteiger partial charge in [0, 0.05) is 63.4 Å². The molecule has 44 heavy (non-hydrogen) atoms. The average molecular weight is 600 g/mol. The minimum Gasteiger partial charge on any atom is -0.496 e. The lowest BCUT2D eigenvalue weighted by Gasteiger charge is -2.22. The van der Waals surface area contributed by atoms with Gasteiger partial charge in [0.25, 0.3) is 0 Å². The molecule has 2 aliphatic rings. The molecule has 1 N–H and O–H groups in total. The Morgan fingerprint density at radius 2 is 1.77 bits per heavy atom. The van der Waals surface area contributed by atoms with Crippen LogP contribution in [-0.4, -0.2) is 92.6 Å². The Balaban J connectivity index is 1.67. The number of nitrogens with one attached hydrogen (secondary N) is 1. The van der Waals surface area contributed by atoms with Crippen molar-refractivity contribution in [3.63, 3.8) is 0 Å². The van der Waals surface area contributed by atoms with Gasteiger partial charge in [-0.15, -0.1) is 0 Å². The van der Waals surface area contributed by atoms with Crippen LogP contribution in [-0.2, 0) is 9.59 Å². The maximum Gasteiger partial charge on any atom is 0.250 e. The number of aliphatic imine (C=N–C) groups is 1. The van der Waals surface area contributed by atoms with Gasteiger partial charge in [-0.25, -0.2) is 0 Å². The molecule has 1 saturated heterocycles. The molecule has 2 heterocycles. The highest BCUT2D eigenvalue weighted by atomic mass is 16.5. The van der Waals surface area contributed by atoms with E-state index in [0.29, 0.717) is 42.2 Å². The zero-order valence-electron chi connectivity index (χ0n) is 26.7. The number of fused-ring (bicyclic) bond motifs is 1. The van der Waals surface area contributed by atoms with Gasteiger partial charge in [-0.2, -0.15) is 0 Å². The maximum atomic E-state index is 13.6. The van der Waals surface area contributed by atoms with Gasteiger partial charge in [-0.05, 0) is 78.9 Å². The number of aldehydes is 1. The first-order valence-corrected chi connectivity index (χ1v) is 15.5. The van der Waals surface area contributed by atoms with Gasteiger partial charge in [-0.3, -0.25) is 19.4 Å². The molecule has 0 bridgehead atoms. The lowest BCUT2D eigenvalue weighted by molar-refractivity contribution is -0.130. The number of benzene rings is 2. The van der Waals surface area contributed by atoms with Crippen LogP contribution in [0.1, 0.15) is 67.4 Å². The highest BCUT2D eigenvalue weighted by Gasteiger charge is 2.24. The Morgan fingerprint density at radius 3 is 2.41 bits per heavy atom. The largest absolute Gasteiger partial charge is 0.496 e. The Labute approximate surface area is 261 Å². The van der Waals surface area contributed by atoms with Crippen LogP contribution in [0, 0.1) is 0 Å². The highest BCUT2D eigenvalue weighted by molar-refractivity contribution is 6.11. The smallest absolute Gasteiger partial charge is 0.250 e. The van der Waals surface area contributed by atoms with Gasteiger partial charge < -0.3 is 24.8 Å². The fourth-order valence-electron chi connectivity index (χ4n) is 5.70. The second-order valence-corrected chi connectivity index (χ2v) is 11.4. The summed E-state index contributed by atoms with van der Waals surface area (Å²) in [6.45, 7) is 7.50. The number of likely N-dealkylation sites (tertiary alicyclic amines) is 1. The van der Waals surface area contributed by atoms with Crippen molar-refractivity contribution in [3.05, 3.63) is 58.8 Å². The number of ether oxygens (including phenoxy) is 1. The van der Waals surface area contributed by atoms with Crippen molar-refractivity contribution in [1.82, 2.24) is 14.7 Å². The Hall–Kier alpha value is -4.40. The molecule has 0 atom stereocenters. The Bertz CT molecular complexity index is 1450. The molecule has 0 spiro atoms. The van der Waals surface area contributed by atoms with E-state index in [2.05, 4.69) is 24.2 Å². The third kappa shape index (κ3) is 7.75. The van der Waals surface area contributed by atoms with E-state index >= 15 is 0 Å². The number of hydrogen-bond acceptors (Lipinski definition) is 6. The molecule has 0 aliphatic carbocycles. The van der Waals surface area contributed by atoms with E-state index in [-0.39, 0.29) is 18.4 Å². The zero-order valence-corrected chi connectivity index (χ0v) is 26.7. The summed E-state index contributed by atoms with van der Waals surface area (Å²) in [5.41, 5.74) is 5.33.